The van der Waals surface area contributed by atoms with Crippen LogP contribution < -0.4 is 5.56 Å². The highest BCUT2D eigenvalue weighted by atomic mass is 16.5. The molecule has 7 heteroatoms. The fourth-order valence-electron chi connectivity index (χ4n) is 3.20. The number of carbonyl (C=O) groups excluding carboxylic acids is 2. The zero-order chi connectivity index (χ0) is 18.7. The minimum absolute atomic E-state index is 0.0657. The molecule has 0 spiro atoms. The number of amides is 1. The maximum absolute atomic E-state index is 12.4. The first-order chi connectivity index (χ1) is 12.5. The molecule has 0 saturated carbocycles. The molecular formula is C19H23N3O4. The van der Waals surface area contributed by atoms with Crippen LogP contribution in [0.3, 0.4) is 0 Å². The number of aromatic nitrogens is 2. The molecule has 1 aliphatic heterocycles. The largest absolute Gasteiger partial charge is 0.453 e. The van der Waals surface area contributed by atoms with Gasteiger partial charge in [-0.15, -0.1) is 0 Å². The molecule has 1 unspecified atom stereocenters. The topological polar surface area (TPSA) is 81.5 Å². The summed E-state index contributed by atoms with van der Waals surface area (Å²) in [6, 6.07) is 7.11. The van der Waals surface area contributed by atoms with Gasteiger partial charge < -0.3 is 9.64 Å². The maximum atomic E-state index is 12.4. The molecule has 3 rings (SSSR count). The van der Waals surface area contributed by atoms with Crippen LogP contribution in [0.25, 0.3) is 10.9 Å². The lowest BCUT2D eigenvalue weighted by Gasteiger charge is -2.20. The summed E-state index contributed by atoms with van der Waals surface area (Å²) in [6.07, 6.45) is 1.55. The van der Waals surface area contributed by atoms with E-state index in [9.17, 15) is 14.4 Å². The number of ether oxygens (including phenoxy) is 1. The van der Waals surface area contributed by atoms with Crippen LogP contribution in [0.1, 0.15) is 32.0 Å². The van der Waals surface area contributed by atoms with Crippen LogP contribution in [0.2, 0.25) is 0 Å². The summed E-state index contributed by atoms with van der Waals surface area (Å²) < 4.78 is 6.71. The second-order valence-corrected chi connectivity index (χ2v) is 6.57. The van der Waals surface area contributed by atoms with Crippen molar-refractivity contribution in [3.8, 4) is 0 Å². The first kappa shape index (κ1) is 18.1. The van der Waals surface area contributed by atoms with Crippen molar-refractivity contribution in [1.82, 2.24) is 14.5 Å². The number of aryl methyl sites for hydroxylation is 1. The summed E-state index contributed by atoms with van der Waals surface area (Å²) in [5.41, 5.74) is 0.466. The molecule has 1 aromatic heterocycles. The van der Waals surface area contributed by atoms with Gasteiger partial charge in [0.05, 0.1) is 17.3 Å². The van der Waals surface area contributed by atoms with Crippen molar-refractivity contribution < 1.29 is 14.3 Å². The van der Waals surface area contributed by atoms with E-state index in [1.807, 2.05) is 6.07 Å². The summed E-state index contributed by atoms with van der Waals surface area (Å²) >= 11 is 0. The number of fused-ring (bicyclic) bond motifs is 1. The molecule has 1 saturated heterocycles. The van der Waals surface area contributed by atoms with Gasteiger partial charge in [-0.25, -0.2) is 4.98 Å². The smallest absolute Gasteiger partial charge is 0.307 e. The Balaban J connectivity index is 1.62. The summed E-state index contributed by atoms with van der Waals surface area (Å²) in [6.45, 7) is 3.05. The Morgan fingerprint density at radius 1 is 1.23 bits per heavy atom. The highest BCUT2D eigenvalue weighted by Crippen LogP contribution is 2.12. The molecule has 1 aliphatic rings. The van der Waals surface area contributed by atoms with Gasteiger partial charge in [0.15, 0.2) is 6.10 Å². The van der Waals surface area contributed by atoms with Crippen LogP contribution in [-0.4, -0.2) is 45.5 Å². The number of carbonyl (C=O) groups is 2. The first-order valence-corrected chi connectivity index (χ1v) is 8.90. The standard InChI is InChI=1S/C19H23N3O4/c1-13(18(24)22-11-5-6-12-22)26-17(23)10-9-16-20-15-8-4-3-7-14(15)19(25)21(16)2/h3-4,7-8,13H,5-6,9-12H2,1-2H3. The van der Waals surface area contributed by atoms with Gasteiger partial charge in [0, 0.05) is 26.6 Å². The normalized spacial score (nSPS) is 15.2. The predicted molar refractivity (Wildman–Crippen MR) is 96.7 cm³/mol. The summed E-state index contributed by atoms with van der Waals surface area (Å²) in [5.74, 6) is -0.0938. The Kier molecular flexibility index (Phi) is 5.35. The zero-order valence-electron chi connectivity index (χ0n) is 15.1. The van der Waals surface area contributed by atoms with E-state index in [2.05, 4.69) is 4.98 Å². The molecular weight excluding hydrogens is 334 g/mol. The number of rotatable bonds is 5. The van der Waals surface area contributed by atoms with Crippen LogP contribution in [-0.2, 0) is 27.8 Å². The molecule has 7 nitrogen and oxygen atoms in total. The van der Waals surface area contributed by atoms with Gasteiger partial charge in [-0.1, -0.05) is 12.1 Å². The number of nitrogens with zero attached hydrogens (tertiary/aromatic N) is 3. The number of esters is 1. The molecule has 0 bridgehead atoms. The predicted octanol–water partition coefficient (Wildman–Crippen LogP) is 1.42. The van der Waals surface area contributed by atoms with E-state index in [0.717, 1.165) is 25.9 Å². The number of likely N-dealkylation sites (tertiary alicyclic amines) is 1. The van der Waals surface area contributed by atoms with Crippen LogP contribution in [0.4, 0.5) is 0 Å². The third-order valence-corrected chi connectivity index (χ3v) is 4.70. The van der Waals surface area contributed by atoms with Crippen LogP contribution in [0.15, 0.2) is 29.1 Å². The molecule has 0 N–H and O–H groups in total. The molecule has 1 atom stereocenters. The van der Waals surface area contributed by atoms with Gasteiger partial charge in [0.1, 0.15) is 5.82 Å². The number of benzene rings is 1. The van der Waals surface area contributed by atoms with E-state index >= 15 is 0 Å². The Bertz CT molecular complexity index is 884. The van der Waals surface area contributed by atoms with Crippen LogP contribution in [0.5, 0.6) is 0 Å². The number of hydrogen-bond acceptors (Lipinski definition) is 5. The van der Waals surface area contributed by atoms with Gasteiger partial charge in [-0.05, 0) is 31.9 Å². The third-order valence-electron chi connectivity index (χ3n) is 4.70. The van der Waals surface area contributed by atoms with Crippen molar-refractivity contribution in [2.24, 2.45) is 7.05 Å². The highest BCUT2D eigenvalue weighted by molar-refractivity contribution is 5.83. The molecule has 26 heavy (non-hydrogen) atoms. The lowest BCUT2D eigenvalue weighted by atomic mass is 10.2. The van der Waals surface area contributed by atoms with E-state index in [0.29, 0.717) is 16.7 Å². The van der Waals surface area contributed by atoms with Crippen molar-refractivity contribution in [3.05, 3.63) is 40.4 Å². The SMILES string of the molecule is CC(OC(=O)CCc1nc2ccccc2c(=O)n1C)C(=O)N1CCCC1. The summed E-state index contributed by atoms with van der Waals surface area (Å²) in [7, 11) is 1.64. The van der Waals surface area contributed by atoms with Crippen molar-refractivity contribution in [3.63, 3.8) is 0 Å². The quantitative estimate of drug-likeness (QED) is 0.756. The summed E-state index contributed by atoms with van der Waals surface area (Å²) in [4.78, 5) is 42.8. The minimum Gasteiger partial charge on any atom is -0.453 e. The van der Waals surface area contributed by atoms with E-state index in [-0.39, 0.29) is 24.3 Å². The van der Waals surface area contributed by atoms with Crippen molar-refractivity contribution in [1.29, 1.82) is 0 Å². The lowest BCUT2D eigenvalue weighted by Crippen LogP contribution is -2.38. The molecule has 1 amide bonds. The maximum Gasteiger partial charge on any atom is 0.307 e. The van der Waals surface area contributed by atoms with Crippen molar-refractivity contribution in [2.75, 3.05) is 13.1 Å². The van der Waals surface area contributed by atoms with E-state index in [1.165, 1.54) is 4.57 Å². The average molecular weight is 357 g/mol. The van der Waals surface area contributed by atoms with Crippen molar-refractivity contribution in [2.45, 2.75) is 38.7 Å². The first-order valence-electron chi connectivity index (χ1n) is 8.90. The van der Waals surface area contributed by atoms with Gasteiger partial charge in [-0.2, -0.15) is 0 Å². The molecule has 2 heterocycles. The van der Waals surface area contributed by atoms with Crippen LogP contribution in [0, 0.1) is 0 Å². The molecule has 1 fully saturated rings. The zero-order valence-corrected chi connectivity index (χ0v) is 15.1. The van der Waals surface area contributed by atoms with E-state index in [1.54, 1.807) is 37.1 Å². The summed E-state index contributed by atoms with van der Waals surface area (Å²) in [5, 5.41) is 0.547. The van der Waals surface area contributed by atoms with Gasteiger partial charge in [0.25, 0.3) is 11.5 Å². The monoisotopic (exact) mass is 357 g/mol. The minimum atomic E-state index is -0.783. The van der Waals surface area contributed by atoms with Crippen LogP contribution >= 0.6 is 0 Å². The second kappa shape index (κ2) is 7.68. The van der Waals surface area contributed by atoms with Crippen molar-refractivity contribution >= 4 is 22.8 Å². The fourth-order valence-corrected chi connectivity index (χ4v) is 3.20. The Morgan fingerprint density at radius 2 is 1.92 bits per heavy atom. The molecule has 2 aromatic rings. The Morgan fingerprint density at radius 3 is 2.65 bits per heavy atom. The number of para-hydroxylation sites is 1. The van der Waals surface area contributed by atoms with E-state index < -0.39 is 12.1 Å². The second-order valence-electron chi connectivity index (χ2n) is 6.57. The molecule has 0 radical (unpaired) electrons. The van der Waals surface area contributed by atoms with Gasteiger partial charge >= 0.3 is 5.97 Å². The molecule has 1 aromatic carbocycles. The Hall–Kier alpha value is -2.70. The molecule has 138 valence electrons. The van der Waals surface area contributed by atoms with Gasteiger partial charge in [-0.3, -0.25) is 19.0 Å². The highest BCUT2D eigenvalue weighted by Gasteiger charge is 2.25. The third kappa shape index (κ3) is 3.76. The fraction of sp³-hybridized carbons (Fsp3) is 0.474. The lowest BCUT2D eigenvalue weighted by molar-refractivity contribution is -0.158. The van der Waals surface area contributed by atoms with E-state index in [4.69, 9.17) is 4.74 Å². The number of hydrogen-bond donors (Lipinski definition) is 0. The van der Waals surface area contributed by atoms with Gasteiger partial charge in [0.2, 0.25) is 0 Å². The average Bonchev–Trinajstić information content (AvgIpc) is 3.17. The Labute approximate surface area is 151 Å². The molecule has 0 aliphatic carbocycles.